The molecule has 14 heavy (non-hydrogen) atoms. The van der Waals surface area contributed by atoms with Crippen molar-refractivity contribution < 1.29 is 5.11 Å². The highest BCUT2D eigenvalue weighted by atomic mass is 16.3. The first-order chi connectivity index (χ1) is 6.76. The lowest BCUT2D eigenvalue weighted by molar-refractivity contribution is -0.00698. The van der Waals surface area contributed by atoms with Crippen molar-refractivity contribution in [1.29, 1.82) is 0 Å². The molecule has 1 N–H and O–H groups in total. The number of fused-ring (bicyclic) bond motifs is 2. The molecule has 1 nitrogen and oxygen atoms in total. The van der Waals surface area contributed by atoms with Gasteiger partial charge in [0.15, 0.2) is 0 Å². The SMILES string of the molecule is OC1(CC2CC=CC2)CC2C=CC1C2. The van der Waals surface area contributed by atoms with Crippen LogP contribution in [0.5, 0.6) is 0 Å². The summed E-state index contributed by atoms with van der Waals surface area (Å²) in [6, 6.07) is 0. The van der Waals surface area contributed by atoms with Gasteiger partial charge in [-0.05, 0) is 43.9 Å². The summed E-state index contributed by atoms with van der Waals surface area (Å²) < 4.78 is 0. The molecule has 3 unspecified atom stereocenters. The lowest BCUT2D eigenvalue weighted by atomic mass is 9.80. The molecule has 0 aromatic carbocycles. The number of rotatable bonds is 2. The van der Waals surface area contributed by atoms with Crippen LogP contribution in [0.2, 0.25) is 0 Å². The number of aliphatic hydroxyl groups is 1. The largest absolute Gasteiger partial charge is 0.389 e. The highest BCUT2D eigenvalue weighted by Crippen LogP contribution is 2.49. The summed E-state index contributed by atoms with van der Waals surface area (Å²) in [6.45, 7) is 0. The van der Waals surface area contributed by atoms with E-state index in [0.717, 1.165) is 12.8 Å². The molecule has 3 rings (SSSR count). The van der Waals surface area contributed by atoms with Crippen LogP contribution in [-0.2, 0) is 0 Å². The van der Waals surface area contributed by atoms with Gasteiger partial charge in [0, 0.05) is 5.92 Å². The molecule has 0 spiro atoms. The van der Waals surface area contributed by atoms with Crippen molar-refractivity contribution in [3.63, 3.8) is 0 Å². The fourth-order valence-corrected chi connectivity index (χ4v) is 3.50. The highest BCUT2D eigenvalue weighted by Gasteiger charge is 2.47. The van der Waals surface area contributed by atoms with E-state index in [4.69, 9.17) is 0 Å². The van der Waals surface area contributed by atoms with Gasteiger partial charge >= 0.3 is 0 Å². The lowest BCUT2D eigenvalue weighted by Crippen LogP contribution is -2.35. The van der Waals surface area contributed by atoms with Gasteiger partial charge in [0.2, 0.25) is 0 Å². The molecule has 0 aromatic heterocycles. The van der Waals surface area contributed by atoms with Crippen LogP contribution in [-0.4, -0.2) is 10.7 Å². The molecule has 0 saturated heterocycles. The molecule has 0 amide bonds. The Kier molecular flexibility index (Phi) is 1.85. The summed E-state index contributed by atoms with van der Waals surface area (Å²) >= 11 is 0. The Morgan fingerprint density at radius 2 is 2.00 bits per heavy atom. The van der Waals surface area contributed by atoms with Gasteiger partial charge in [-0.2, -0.15) is 0 Å². The topological polar surface area (TPSA) is 20.2 Å². The molecule has 3 aliphatic carbocycles. The van der Waals surface area contributed by atoms with E-state index in [0.29, 0.717) is 17.8 Å². The van der Waals surface area contributed by atoms with Crippen molar-refractivity contribution in [1.82, 2.24) is 0 Å². The molecular weight excluding hydrogens is 172 g/mol. The molecule has 0 radical (unpaired) electrons. The Morgan fingerprint density at radius 1 is 1.21 bits per heavy atom. The van der Waals surface area contributed by atoms with Crippen LogP contribution in [0.3, 0.4) is 0 Å². The molecule has 1 fully saturated rings. The van der Waals surface area contributed by atoms with Crippen molar-refractivity contribution in [3.05, 3.63) is 24.3 Å². The Balaban J connectivity index is 1.69. The summed E-state index contributed by atoms with van der Waals surface area (Å²) in [4.78, 5) is 0. The number of allylic oxidation sites excluding steroid dienone is 3. The summed E-state index contributed by atoms with van der Waals surface area (Å²) in [6.07, 6.45) is 14.7. The first kappa shape index (κ1) is 8.72. The van der Waals surface area contributed by atoms with E-state index in [1.165, 1.54) is 19.3 Å². The lowest BCUT2D eigenvalue weighted by Gasteiger charge is -2.32. The number of hydrogen-bond donors (Lipinski definition) is 1. The third-order valence-corrected chi connectivity index (χ3v) is 4.23. The first-order valence-electron chi connectivity index (χ1n) is 5.82. The monoisotopic (exact) mass is 190 g/mol. The van der Waals surface area contributed by atoms with Crippen LogP contribution in [0, 0.1) is 17.8 Å². The van der Waals surface area contributed by atoms with Crippen molar-refractivity contribution >= 4 is 0 Å². The van der Waals surface area contributed by atoms with Crippen LogP contribution in [0.15, 0.2) is 24.3 Å². The minimum absolute atomic E-state index is 0.351. The molecule has 0 aliphatic heterocycles. The van der Waals surface area contributed by atoms with Crippen molar-refractivity contribution in [2.45, 2.75) is 37.7 Å². The quantitative estimate of drug-likeness (QED) is 0.664. The van der Waals surface area contributed by atoms with Crippen molar-refractivity contribution in [3.8, 4) is 0 Å². The molecule has 76 valence electrons. The van der Waals surface area contributed by atoms with E-state index < -0.39 is 0 Å². The predicted octanol–water partition coefficient (Wildman–Crippen LogP) is 2.67. The normalized spacial score (nSPS) is 45.5. The third-order valence-electron chi connectivity index (χ3n) is 4.23. The van der Waals surface area contributed by atoms with Gasteiger partial charge in [0.25, 0.3) is 0 Å². The molecule has 0 aromatic rings. The van der Waals surface area contributed by atoms with Crippen LogP contribution >= 0.6 is 0 Å². The fraction of sp³-hybridized carbons (Fsp3) is 0.692. The van der Waals surface area contributed by atoms with Crippen LogP contribution in [0.25, 0.3) is 0 Å². The van der Waals surface area contributed by atoms with Gasteiger partial charge in [-0.3, -0.25) is 0 Å². The zero-order chi connectivity index (χ0) is 9.60. The van der Waals surface area contributed by atoms with Gasteiger partial charge in [-0.25, -0.2) is 0 Å². The van der Waals surface area contributed by atoms with E-state index in [9.17, 15) is 5.11 Å². The van der Waals surface area contributed by atoms with Crippen LogP contribution in [0.4, 0.5) is 0 Å². The molecule has 2 bridgehead atoms. The van der Waals surface area contributed by atoms with E-state index >= 15 is 0 Å². The second kappa shape index (κ2) is 2.96. The molecule has 3 atom stereocenters. The zero-order valence-corrected chi connectivity index (χ0v) is 8.52. The summed E-state index contributed by atoms with van der Waals surface area (Å²) in [5.74, 6) is 1.86. The van der Waals surface area contributed by atoms with Crippen molar-refractivity contribution in [2.75, 3.05) is 0 Å². The van der Waals surface area contributed by atoms with Gasteiger partial charge in [-0.1, -0.05) is 24.3 Å². The second-order valence-electron chi connectivity index (χ2n) is 5.31. The first-order valence-corrected chi connectivity index (χ1v) is 5.82. The Hall–Kier alpha value is -0.560. The summed E-state index contributed by atoms with van der Waals surface area (Å²) in [5, 5.41) is 10.6. The standard InChI is InChI=1S/C13H18O/c14-13(8-10-3-1-2-4-10)9-11-5-6-12(13)7-11/h1-2,5-6,10-12,14H,3-4,7-9H2. The van der Waals surface area contributed by atoms with E-state index in [2.05, 4.69) is 24.3 Å². The molecule has 0 heterocycles. The number of hydrogen-bond acceptors (Lipinski definition) is 1. The second-order valence-corrected chi connectivity index (χ2v) is 5.31. The molecule has 1 saturated carbocycles. The van der Waals surface area contributed by atoms with Gasteiger partial charge in [0.05, 0.1) is 5.60 Å². The molecule has 1 heteroatoms. The Bertz CT molecular complexity index is 284. The van der Waals surface area contributed by atoms with Crippen LogP contribution in [0.1, 0.15) is 32.1 Å². The maximum atomic E-state index is 10.6. The minimum Gasteiger partial charge on any atom is -0.389 e. The highest BCUT2D eigenvalue weighted by molar-refractivity contribution is 5.17. The van der Waals surface area contributed by atoms with Gasteiger partial charge in [-0.15, -0.1) is 0 Å². The van der Waals surface area contributed by atoms with E-state index in [-0.39, 0.29) is 5.60 Å². The summed E-state index contributed by atoms with van der Waals surface area (Å²) in [7, 11) is 0. The van der Waals surface area contributed by atoms with Crippen molar-refractivity contribution in [2.24, 2.45) is 17.8 Å². The molecule has 3 aliphatic rings. The fourth-order valence-electron chi connectivity index (χ4n) is 3.50. The van der Waals surface area contributed by atoms with Gasteiger partial charge < -0.3 is 5.11 Å². The summed E-state index contributed by atoms with van der Waals surface area (Å²) in [5.41, 5.74) is -0.351. The van der Waals surface area contributed by atoms with Gasteiger partial charge in [0.1, 0.15) is 0 Å². The van der Waals surface area contributed by atoms with E-state index in [1.54, 1.807) is 0 Å². The average molecular weight is 190 g/mol. The maximum absolute atomic E-state index is 10.6. The Morgan fingerprint density at radius 3 is 2.57 bits per heavy atom. The minimum atomic E-state index is -0.351. The third kappa shape index (κ3) is 1.26. The van der Waals surface area contributed by atoms with Crippen LogP contribution < -0.4 is 0 Å². The van der Waals surface area contributed by atoms with E-state index in [1.807, 2.05) is 0 Å². The molecular formula is C13H18O. The predicted molar refractivity (Wildman–Crippen MR) is 56.8 cm³/mol. The average Bonchev–Trinajstić information content (AvgIpc) is 2.78. The Labute approximate surface area is 85.5 Å². The smallest absolute Gasteiger partial charge is 0.0718 e. The zero-order valence-electron chi connectivity index (χ0n) is 8.52. The maximum Gasteiger partial charge on any atom is 0.0718 e.